The fourth-order valence-corrected chi connectivity index (χ4v) is 3.40. The van der Waals surface area contributed by atoms with E-state index in [0.29, 0.717) is 21.9 Å². The zero-order chi connectivity index (χ0) is 22.3. The first kappa shape index (κ1) is 21.1. The third-order valence-electron chi connectivity index (χ3n) is 4.29. The fourth-order valence-electron chi connectivity index (χ4n) is 2.74. The van der Waals surface area contributed by atoms with Crippen LogP contribution in [0.15, 0.2) is 69.0 Å². The van der Waals surface area contributed by atoms with Gasteiger partial charge >= 0.3 is 11.6 Å². The first-order valence-corrected chi connectivity index (χ1v) is 10.4. The molecular formula is C22H16N4O5S. The normalized spacial score (nSPS) is 10.4. The molecule has 4 aromatic rings. The molecule has 10 heteroatoms. The Morgan fingerprint density at radius 1 is 1.16 bits per heavy atom. The quantitative estimate of drug-likeness (QED) is 0.190. The van der Waals surface area contributed by atoms with Gasteiger partial charge in [-0.2, -0.15) is 4.68 Å². The molecule has 4 rings (SSSR count). The van der Waals surface area contributed by atoms with E-state index >= 15 is 0 Å². The van der Waals surface area contributed by atoms with E-state index in [1.807, 2.05) is 24.3 Å². The summed E-state index contributed by atoms with van der Waals surface area (Å²) in [6, 6.07) is 15.7. The maximum Gasteiger partial charge on any atom is 0.351 e. The van der Waals surface area contributed by atoms with Gasteiger partial charge in [0.1, 0.15) is 16.9 Å². The highest BCUT2D eigenvalue weighted by atomic mass is 32.2. The van der Waals surface area contributed by atoms with Gasteiger partial charge in [0.15, 0.2) is 6.61 Å². The molecule has 0 unspecified atom stereocenters. The van der Waals surface area contributed by atoms with Crippen LogP contribution in [0.5, 0.6) is 5.75 Å². The molecular weight excluding hydrogens is 432 g/mol. The van der Waals surface area contributed by atoms with E-state index in [4.69, 9.17) is 13.9 Å². The molecule has 0 aliphatic rings. The number of fused-ring (bicyclic) bond motifs is 1. The van der Waals surface area contributed by atoms with E-state index in [0.717, 1.165) is 11.4 Å². The molecule has 160 valence electrons. The van der Waals surface area contributed by atoms with Gasteiger partial charge in [-0.05, 0) is 46.8 Å². The average Bonchev–Trinajstić information content (AvgIpc) is 3.29. The third-order valence-corrected chi connectivity index (χ3v) is 5.09. The molecule has 0 spiro atoms. The maximum absolute atomic E-state index is 12.2. The minimum atomic E-state index is -0.782. The lowest BCUT2D eigenvalue weighted by molar-refractivity contribution is 0.0552. The van der Waals surface area contributed by atoms with Gasteiger partial charge in [-0.15, -0.1) is 5.10 Å². The lowest BCUT2D eigenvalue weighted by Crippen LogP contribution is -2.16. The molecule has 0 fully saturated rings. The van der Waals surface area contributed by atoms with Crippen LogP contribution < -0.4 is 10.4 Å². The summed E-state index contributed by atoms with van der Waals surface area (Å²) in [7, 11) is 1.60. The van der Waals surface area contributed by atoms with Crippen molar-refractivity contribution >= 4 is 28.7 Å². The molecule has 0 amide bonds. The van der Waals surface area contributed by atoms with Crippen LogP contribution >= 0.6 is 11.8 Å². The Balaban J connectivity index is 1.32. The van der Waals surface area contributed by atoms with Gasteiger partial charge in [0.25, 0.3) is 0 Å². The summed E-state index contributed by atoms with van der Waals surface area (Å²) in [6.45, 7) is -0.158. The zero-order valence-electron chi connectivity index (χ0n) is 16.8. The van der Waals surface area contributed by atoms with Crippen molar-refractivity contribution in [1.82, 2.24) is 20.2 Å². The topological polar surface area (TPSA) is 109 Å². The molecule has 0 saturated heterocycles. The van der Waals surface area contributed by atoms with Gasteiger partial charge in [-0.1, -0.05) is 41.8 Å². The SMILES string of the molecule is COc1ccc(-n2nnnc2SCC#CCOC(=O)c2cc3ccccc3oc2=O)cc1. The average molecular weight is 448 g/mol. The number of hydrogen-bond donors (Lipinski definition) is 0. The number of thioether (sulfide) groups is 1. The summed E-state index contributed by atoms with van der Waals surface area (Å²) >= 11 is 1.33. The Morgan fingerprint density at radius 2 is 1.97 bits per heavy atom. The summed E-state index contributed by atoms with van der Waals surface area (Å²) in [5.74, 6) is 5.95. The molecule has 9 nitrogen and oxygen atoms in total. The van der Waals surface area contributed by atoms with E-state index < -0.39 is 11.6 Å². The summed E-state index contributed by atoms with van der Waals surface area (Å²) in [6.07, 6.45) is 0. The fraction of sp³-hybridized carbons (Fsp3) is 0.136. The number of rotatable bonds is 6. The van der Waals surface area contributed by atoms with Crippen molar-refractivity contribution in [2.45, 2.75) is 5.16 Å². The second kappa shape index (κ2) is 9.80. The molecule has 0 radical (unpaired) electrons. The van der Waals surface area contributed by atoms with Crippen molar-refractivity contribution in [2.24, 2.45) is 0 Å². The van der Waals surface area contributed by atoms with E-state index in [1.165, 1.54) is 17.8 Å². The van der Waals surface area contributed by atoms with Crippen molar-refractivity contribution in [3.63, 3.8) is 0 Å². The monoisotopic (exact) mass is 448 g/mol. The molecule has 0 aliphatic heterocycles. The number of hydrogen-bond acceptors (Lipinski definition) is 9. The Bertz CT molecular complexity index is 1370. The van der Waals surface area contributed by atoms with Crippen LogP contribution in [-0.2, 0) is 4.74 Å². The number of benzene rings is 2. The minimum absolute atomic E-state index is 0.158. The van der Waals surface area contributed by atoms with Gasteiger partial charge in [-0.3, -0.25) is 0 Å². The molecule has 0 bridgehead atoms. The molecule has 32 heavy (non-hydrogen) atoms. The first-order valence-electron chi connectivity index (χ1n) is 9.37. The number of carbonyl (C=O) groups is 1. The second-order valence-electron chi connectivity index (χ2n) is 6.28. The molecule has 0 N–H and O–H groups in total. The molecule has 2 heterocycles. The summed E-state index contributed by atoms with van der Waals surface area (Å²) in [5.41, 5.74) is 0.276. The summed E-state index contributed by atoms with van der Waals surface area (Å²) in [4.78, 5) is 24.2. The van der Waals surface area contributed by atoms with Crippen molar-refractivity contribution in [3.8, 4) is 23.3 Å². The maximum atomic E-state index is 12.2. The number of ether oxygens (including phenoxy) is 2. The number of methoxy groups -OCH3 is 1. The highest BCUT2D eigenvalue weighted by Crippen LogP contribution is 2.20. The van der Waals surface area contributed by atoms with Crippen LogP contribution in [0.4, 0.5) is 0 Å². The predicted octanol–water partition coefficient (Wildman–Crippen LogP) is 2.73. The number of carbonyl (C=O) groups excluding carboxylic acids is 1. The smallest absolute Gasteiger partial charge is 0.351 e. The van der Waals surface area contributed by atoms with Gasteiger partial charge in [0, 0.05) is 5.39 Å². The largest absolute Gasteiger partial charge is 0.497 e. The van der Waals surface area contributed by atoms with Gasteiger partial charge in [-0.25, -0.2) is 9.59 Å². The van der Waals surface area contributed by atoms with E-state index in [9.17, 15) is 9.59 Å². The van der Waals surface area contributed by atoms with E-state index in [-0.39, 0.29) is 12.2 Å². The Morgan fingerprint density at radius 3 is 2.78 bits per heavy atom. The standard InChI is InChI=1S/C22H16N4O5S/c1-29-17-10-8-16(9-11-17)26-22(23-24-25-26)32-13-5-4-12-30-20(27)18-14-15-6-2-3-7-19(15)31-21(18)28/h2-3,6-11,14H,12-13H2,1H3. The zero-order valence-corrected chi connectivity index (χ0v) is 17.7. The lowest BCUT2D eigenvalue weighted by atomic mass is 10.2. The predicted molar refractivity (Wildman–Crippen MR) is 117 cm³/mol. The molecule has 0 aliphatic carbocycles. The highest BCUT2D eigenvalue weighted by molar-refractivity contribution is 7.99. The van der Waals surface area contributed by atoms with Gasteiger partial charge in [0.05, 0.1) is 18.6 Å². The number of aromatic nitrogens is 4. The summed E-state index contributed by atoms with van der Waals surface area (Å²) < 4.78 is 16.9. The van der Waals surface area contributed by atoms with E-state index in [1.54, 1.807) is 36.1 Å². The Kier molecular flexibility index (Phi) is 6.48. The van der Waals surface area contributed by atoms with Gasteiger partial charge in [0.2, 0.25) is 5.16 Å². The van der Waals surface area contributed by atoms with Crippen molar-refractivity contribution in [2.75, 3.05) is 19.5 Å². The number of nitrogens with zero attached hydrogens (tertiary/aromatic N) is 4. The summed E-state index contributed by atoms with van der Waals surface area (Å²) in [5, 5.41) is 12.9. The lowest BCUT2D eigenvalue weighted by Gasteiger charge is -2.04. The van der Waals surface area contributed by atoms with E-state index in [2.05, 4.69) is 27.4 Å². The van der Waals surface area contributed by atoms with Crippen LogP contribution in [0, 0.1) is 11.8 Å². The van der Waals surface area contributed by atoms with Crippen molar-refractivity contribution in [3.05, 3.63) is 70.6 Å². The number of para-hydroxylation sites is 1. The molecule has 0 atom stereocenters. The van der Waals surface area contributed by atoms with Gasteiger partial charge < -0.3 is 13.9 Å². The van der Waals surface area contributed by atoms with Crippen LogP contribution in [0.2, 0.25) is 0 Å². The van der Waals surface area contributed by atoms with Crippen LogP contribution in [0.3, 0.4) is 0 Å². The Labute approximate surface area is 186 Å². The number of tetrazole rings is 1. The molecule has 2 aromatic heterocycles. The number of esters is 1. The van der Waals surface area contributed by atoms with Crippen molar-refractivity contribution < 1.29 is 18.7 Å². The third kappa shape index (κ3) is 4.79. The first-order chi connectivity index (χ1) is 15.7. The second-order valence-corrected chi connectivity index (χ2v) is 7.22. The molecule has 2 aromatic carbocycles. The molecule has 0 saturated carbocycles. The highest BCUT2D eigenvalue weighted by Gasteiger charge is 2.14. The van der Waals surface area contributed by atoms with Crippen LogP contribution in [-0.4, -0.2) is 45.6 Å². The van der Waals surface area contributed by atoms with Crippen molar-refractivity contribution in [1.29, 1.82) is 0 Å². The van der Waals surface area contributed by atoms with Crippen LogP contribution in [0.25, 0.3) is 16.7 Å². The Hall–Kier alpha value is -4.10. The van der Waals surface area contributed by atoms with Crippen LogP contribution in [0.1, 0.15) is 10.4 Å². The minimum Gasteiger partial charge on any atom is -0.497 e.